The van der Waals surface area contributed by atoms with Crippen molar-refractivity contribution < 1.29 is 9.59 Å². The highest BCUT2D eigenvalue weighted by molar-refractivity contribution is 5.93. The molecule has 1 aliphatic heterocycles. The Morgan fingerprint density at radius 2 is 1.78 bits per heavy atom. The molecular formula is C18H27N3O2. The maximum atomic E-state index is 12.2. The average molecular weight is 317 g/mol. The van der Waals surface area contributed by atoms with Crippen molar-refractivity contribution in [3.8, 4) is 0 Å². The second-order valence-electron chi connectivity index (χ2n) is 6.05. The average Bonchev–Trinajstić information content (AvgIpc) is 2.56. The van der Waals surface area contributed by atoms with Gasteiger partial charge < -0.3 is 15.1 Å². The van der Waals surface area contributed by atoms with E-state index in [0.29, 0.717) is 0 Å². The third-order valence-corrected chi connectivity index (χ3v) is 4.56. The minimum absolute atomic E-state index is 0.0674. The Morgan fingerprint density at radius 1 is 1.13 bits per heavy atom. The molecule has 5 heteroatoms. The Balaban J connectivity index is 2.00. The number of rotatable bonds is 5. The smallest absolute Gasteiger partial charge is 0.227 e. The third kappa shape index (κ3) is 4.47. The van der Waals surface area contributed by atoms with Crippen LogP contribution in [0.1, 0.15) is 33.6 Å². The van der Waals surface area contributed by atoms with E-state index in [1.54, 1.807) is 6.92 Å². The Bertz CT molecular complexity index is 547. The van der Waals surface area contributed by atoms with Crippen LogP contribution < -0.4 is 10.2 Å². The van der Waals surface area contributed by atoms with Crippen LogP contribution in [0.4, 0.5) is 11.4 Å². The number of hydrogen-bond acceptors (Lipinski definition) is 3. The summed E-state index contributed by atoms with van der Waals surface area (Å²) in [7, 11) is 0. The van der Waals surface area contributed by atoms with Crippen molar-refractivity contribution >= 4 is 23.2 Å². The summed E-state index contributed by atoms with van der Waals surface area (Å²) >= 11 is 0. The molecule has 2 rings (SSSR count). The van der Waals surface area contributed by atoms with Gasteiger partial charge in [0.15, 0.2) is 0 Å². The fraction of sp³-hybridized carbons (Fsp3) is 0.556. The van der Waals surface area contributed by atoms with Gasteiger partial charge in [0.05, 0.1) is 0 Å². The van der Waals surface area contributed by atoms with Crippen LogP contribution >= 0.6 is 0 Å². The van der Waals surface area contributed by atoms with E-state index in [1.807, 2.05) is 36.9 Å². The van der Waals surface area contributed by atoms with Crippen molar-refractivity contribution in [1.29, 1.82) is 0 Å². The van der Waals surface area contributed by atoms with E-state index in [9.17, 15) is 9.59 Å². The molecule has 1 aromatic carbocycles. The van der Waals surface area contributed by atoms with Crippen molar-refractivity contribution in [2.24, 2.45) is 5.92 Å². The number of carbonyl (C=O) groups excluding carboxylic acids is 2. The molecule has 1 fully saturated rings. The fourth-order valence-electron chi connectivity index (χ4n) is 2.96. The first kappa shape index (κ1) is 17.3. The zero-order valence-electron chi connectivity index (χ0n) is 14.3. The summed E-state index contributed by atoms with van der Waals surface area (Å²) in [5, 5.41) is 3.02. The van der Waals surface area contributed by atoms with E-state index in [-0.39, 0.29) is 17.7 Å². The van der Waals surface area contributed by atoms with Crippen molar-refractivity contribution in [2.45, 2.75) is 33.6 Å². The Hall–Kier alpha value is -2.04. The van der Waals surface area contributed by atoms with Gasteiger partial charge >= 0.3 is 0 Å². The molecule has 23 heavy (non-hydrogen) atoms. The molecular weight excluding hydrogens is 290 g/mol. The van der Waals surface area contributed by atoms with Crippen LogP contribution in [-0.4, -0.2) is 42.9 Å². The molecule has 0 saturated carbocycles. The molecule has 1 saturated heterocycles. The first-order chi connectivity index (χ1) is 11.0. The number of anilines is 2. The molecule has 1 aliphatic rings. The van der Waals surface area contributed by atoms with E-state index in [2.05, 4.69) is 16.3 Å². The topological polar surface area (TPSA) is 52.7 Å². The zero-order valence-corrected chi connectivity index (χ0v) is 14.3. The summed E-state index contributed by atoms with van der Waals surface area (Å²) in [5.41, 5.74) is 1.93. The number of amides is 2. The molecule has 0 bridgehead atoms. The number of piperazine rings is 1. The lowest BCUT2D eigenvalue weighted by molar-refractivity contribution is -0.129. The molecule has 0 radical (unpaired) electrons. The van der Waals surface area contributed by atoms with Gasteiger partial charge in [-0.1, -0.05) is 19.9 Å². The Labute approximate surface area is 138 Å². The Kier molecular flexibility index (Phi) is 6.02. The monoisotopic (exact) mass is 317 g/mol. The van der Waals surface area contributed by atoms with E-state index in [1.165, 1.54) is 0 Å². The summed E-state index contributed by atoms with van der Waals surface area (Å²) in [6.07, 6.45) is 1.71. The maximum absolute atomic E-state index is 12.2. The first-order valence-corrected chi connectivity index (χ1v) is 8.46. The SMILES string of the molecule is CCC(CC)C(=O)Nc1cccc(N2CCN(C(C)=O)CC2)c1. The van der Waals surface area contributed by atoms with Gasteiger partial charge in [0.25, 0.3) is 0 Å². The molecule has 0 aliphatic carbocycles. The van der Waals surface area contributed by atoms with Gasteiger partial charge in [0, 0.05) is 50.4 Å². The van der Waals surface area contributed by atoms with Gasteiger partial charge in [0.2, 0.25) is 11.8 Å². The van der Waals surface area contributed by atoms with E-state index in [0.717, 1.165) is 50.4 Å². The summed E-state index contributed by atoms with van der Waals surface area (Å²) in [6, 6.07) is 7.96. The largest absolute Gasteiger partial charge is 0.368 e. The number of carbonyl (C=O) groups is 2. The van der Waals surface area contributed by atoms with Crippen LogP contribution in [0.15, 0.2) is 24.3 Å². The summed E-state index contributed by atoms with van der Waals surface area (Å²) < 4.78 is 0. The van der Waals surface area contributed by atoms with Gasteiger partial charge in [-0.15, -0.1) is 0 Å². The molecule has 126 valence electrons. The summed E-state index contributed by atoms with van der Waals surface area (Å²) in [6.45, 7) is 8.84. The number of nitrogens with zero attached hydrogens (tertiary/aromatic N) is 2. The lowest BCUT2D eigenvalue weighted by atomic mass is 10.0. The Morgan fingerprint density at radius 3 is 2.35 bits per heavy atom. The molecule has 0 spiro atoms. The second-order valence-corrected chi connectivity index (χ2v) is 6.05. The van der Waals surface area contributed by atoms with Gasteiger partial charge in [-0.25, -0.2) is 0 Å². The summed E-state index contributed by atoms with van der Waals surface area (Å²) in [5.74, 6) is 0.294. The van der Waals surface area contributed by atoms with Crippen LogP contribution in [0.5, 0.6) is 0 Å². The van der Waals surface area contributed by atoms with Crippen molar-refractivity contribution in [2.75, 3.05) is 36.4 Å². The molecule has 1 N–H and O–H groups in total. The van der Waals surface area contributed by atoms with Crippen molar-refractivity contribution in [3.05, 3.63) is 24.3 Å². The molecule has 1 aromatic rings. The minimum Gasteiger partial charge on any atom is -0.368 e. The number of benzene rings is 1. The van der Waals surface area contributed by atoms with E-state index in [4.69, 9.17) is 0 Å². The lowest BCUT2D eigenvalue weighted by Crippen LogP contribution is -2.48. The quantitative estimate of drug-likeness (QED) is 0.908. The van der Waals surface area contributed by atoms with E-state index < -0.39 is 0 Å². The van der Waals surface area contributed by atoms with E-state index >= 15 is 0 Å². The molecule has 1 heterocycles. The highest BCUT2D eigenvalue weighted by Gasteiger charge is 2.19. The highest BCUT2D eigenvalue weighted by atomic mass is 16.2. The molecule has 2 amide bonds. The fourth-order valence-corrected chi connectivity index (χ4v) is 2.96. The zero-order chi connectivity index (χ0) is 16.8. The first-order valence-electron chi connectivity index (χ1n) is 8.46. The predicted molar refractivity (Wildman–Crippen MR) is 93.6 cm³/mol. The van der Waals surface area contributed by atoms with Gasteiger partial charge in [-0.05, 0) is 31.0 Å². The molecule has 0 atom stereocenters. The minimum atomic E-state index is 0.0674. The van der Waals surface area contributed by atoms with Gasteiger partial charge in [-0.3, -0.25) is 9.59 Å². The van der Waals surface area contributed by atoms with Crippen LogP contribution in [0, 0.1) is 5.92 Å². The van der Waals surface area contributed by atoms with Crippen LogP contribution in [-0.2, 0) is 9.59 Å². The molecule has 5 nitrogen and oxygen atoms in total. The predicted octanol–water partition coefficient (Wildman–Crippen LogP) is 2.73. The van der Waals surface area contributed by atoms with Gasteiger partial charge in [0.1, 0.15) is 0 Å². The molecule has 0 aromatic heterocycles. The van der Waals surface area contributed by atoms with Gasteiger partial charge in [-0.2, -0.15) is 0 Å². The standard InChI is InChI=1S/C18H27N3O2/c1-4-15(5-2)18(23)19-16-7-6-8-17(13-16)21-11-9-20(10-12-21)14(3)22/h6-8,13,15H,4-5,9-12H2,1-3H3,(H,19,23). The highest BCUT2D eigenvalue weighted by Crippen LogP contribution is 2.22. The molecule has 0 unspecified atom stereocenters. The summed E-state index contributed by atoms with van der Waals surface area (Å²) in [4.78, 5) is 27.7. The maximum Gasteiger partial charge on any atom is 0.227 e. The number of hydrogen-bond donors (Lipinski definition) is 1. The van der Waals surface area contributed by atoms with Crippen molar-refractivity contribution in [3.63, 3.8) is 0 Å². The third-order valence-electron chi connectivity index (χ3n) is 4.56. The normalized spacial score (nSPS) is 15.0. The lowest BCUT2D eigenvalue weighted by Gasteiger charge is -2.35. The van der Waals surface area contributed by atoms with Crippen LogP contribution in [0.25, 0.3) is 0 Å². The van der Waals surface area contributed by atoms with Crippen LogP contribution in [0.2, 0.25) is 0 Å². The second kappa shape index (κ2) is 7.99. The van der Waals surface area contributed by atoms with Crippen molar-refractivity contribution in [1.82, 2.24) is 4.90 Å². The van der Waals surface area contributed by atoms with Crippen LogP contribution in [0.3, 0.4) is 0 Å². The number of nitrogens with one attached hydrogen (secondary N) is 1.